The van der Waals surface area contributed by atoms with Gasteiger partial charge in [-0.2, -0.15) is 11.1 Å². The van der Waals surface area contributed by atoms with Gasteiger partial charge in [0.2, 0.25) is 0 Å². The number of aryl methyl sites for hydroxylation is 2. The molecule has 4 rings (SSSR count). The second kappa shape index (κ2) is 16.6. The summed E-state index contributed by atoms with van der Waals surface area (Å²) in [7, 11) is -2.03. The van der Waals surface area contributed by atoms with E-state index in [1.165, 1.54) is 55.6 Å². The molecular formula is C40H55Cl3Si2Ti. The van der Waals surface area contributed by atoms with E-state index in [0.29, 0.717) is 5.54 Å². The molecule has 0 fully saturated rings. The zero-order valence-electron chi connectivity index (χ0n) is 30.7. The Balaban J connectivity index is 0.00000506. The predicted molar refractivity (Wildman–Crippen MR) is 194 cm³/mol. The first kappa shape index (κ1) is 45.0. The van der Waals surface area contributed by atoms with E-state index in [9.17, 15) is 0 Å². The van der Waals surface area contributed by atoms with E-state index in [1.807, 2.05) is 0 Å². The van der Waals surface area contributed by atoms with Crippen LogP contribution in [0.15, 0.2) is 60.7 Å². The van der Waals surface area contributed by atoms with Gasteiger partial charge in [0.25, 0.3) is 0 Å². The molecule has 1 unspecified atom stereocenters. The Morgan fingerprint density at radius 1 is 0.630 bits per heavy atom. The molecule has 0 saturated carbocycles. The largest absolute Gasteiger partial charge is 4.00 e. The van der Waals surface area contributed by atoms with Crippen LogP contribution in [0.2, 0.25) is 19.6 Å². The maximum absolute atomic E-state index is 2.50. The van der Waals surface area contributed by atoms with E-state index in [1.54, 1.807) is 15.9 Å². The first-order chi connectivity index (χ1) is 19.3. The van der Waals surface area contributed by atoms with E-state index in [2.05, 4.69) is 156 Å². The van der Waals surface area contributed by atoms with Gasteiger partial charge in [-0.05, 0) is 30.2 Å². The molecule has 6 heteroatoms. The predicted octanol–water partition coefficient (Wildman–Crippen LogP) is 0.348. The average molecular weight is 746 g/mol. The van der Waals surface area contributed by atoms with Crippen LogP contribution >= 0.6 is 0 Å². The Morgan fingerprint density at radius 2 is 1.09 bits per heavy atom. The van der Waals surface area contributed by atoms with Crippen molar-refractivity contribution in [1.29, 1.82) is 0 Å². The van der Waals surface area contributed by atoms with Gasteiger partial charge < -0.3 is 37.2 Å². The van der Waals surface area contributed by atoms with E-state index in [-0.39, 0.29) is 69.8 Å². The normalized spacial score (nSPS) is 12.6. The number of benzene rings is 3. The number of hydrogen-bond donors (Lipinski definition) is 0. The average Bonchev–Trinajstić information content (AvgIpc) is 3.09. The van der Waals surface area contributed by atoms with E-state index >= 15 is 0 Å². The van der Waals surface area contributed by atoms with Crippen LogP contribution < -0.4 is 47.6 Å². The van der Waals surface area contributed by atoms with Gasteiger partial charge in [-0.15, -0.1) is 16.7 Å². The van der Waals surface area contributed by atoms with Gasteiger partial charge in [0.05, 0.1) is 17.6 Å². The standard InChI is InChI=1S/C40H55Si2.3ClH.Ti/c1-25-19-26(2)21-31(20-25)38(41-34-15-17-35(18-16-34)42(12,13)14)37-29(5)27(3)28(4)36(37)30-22-32(39(6,7)8)24-33(23-30)40(9,10)11;;;;/h15-24,38H,41H2,1-14H3;3*1H;/q-1;;;;+4/p-3. The molecule has 0 N–H and O–H groups in total. The fourth-order valence-corrected chi connectivity index (χ4v) is 9.81. The van der Waals surface area contributed by atoms with Crippen molar-refractivity contribution < 1.29 is 58.9 Å². The summed E-state index contributed by atoms with van der Waals surface area (Å²) in [6.07, 6.45) is 0. The maximum atomic E-state index is 2.50. The zero-order chi connectivity index (χ0) is 31.4. The van der Waals surface area contributed by atoms with Gasteiger partial charge in [-0.1, -0.05) is 186 Å². The molecule has 46 heavy (non-hydrogen) atoms. The van der Waals surface area contributed by atoms with Crippen LogP contribution in [0.1, 0.15) is 97.2 Å². The molecule has 0 aromatic heterocycles. The minimum atomic E-state index is -1.33. The van der Waals surface area contributed by atoms with Gasteiger partial charge in [0, 0.05) is 0 Å². The number of hydrogen-bond acceptors (Lipinski definition) is 0. The molecule has 0 amide bonds. The van der Waals surface area contributed by atoms with Gasteiger partial charge in [-0.3, -0.25) is 0 Å². The Labute approximate surface area is 318 Å². The van der Waals surface area contributed by atoms with Crippen LogP contribution in [0, 0.1) is 34.6 Å². The molecule has 0 aliphatic rings. The molecule has 0 bridgehead atoms. The van der Waals surface area contributed by atoms with Crippen molar-refractivity contribution >= 4 is 28.0 Å². The smallest absolute Gasteiger partial charge is 1.00 e. The molecule has 248 valence electrons. The number of halogens is 3. The van der Waals surface area contributed by atoms with Crippen molar-refractivity contribution in [3.05, 3.63) is 111 Å². The maximum Gasteiger partial charge on any atom is 4.00 e. The fraction of sp³-hybridized carbons (Fsp3) is 0.425. The number of rotatable bonds is 6. The molecule has 4 aromatic carbocycles. The molecule has 0 aliphatic heterocycles. The van der Waals surface area contributed by atoms with Crippen molar-refractivity contribution in [2.24, 2.45) is 0 Å². The van der Waals surface area contributed by atoms with Crippen molar-refractivity contribution in [2.45, 2.75) is 112 Å². The summed E-state index contributed by atoms with van der Waals surface area (Å²) >= 11 is 0. The molecule has 0 saturated heterocycles. The molecule has 0 nitrogen and oxygen atoms in total. The Morgan fingerprint density at radius 3 is 1.50 bits per heavy atom. The fourth-order valence-electron chi connectivity index (χ4n) is 6.48. The topological polar surface area (TPSA) is 0 Å². The first-order valence-electron chi connectivity index (χ1n) is 15.9. The van der Waals surface area contributed by atoms with Crippen molar-refractivity contribution in [3.63, 3.8) is 0 Å². The van der Waals surface area contributed by atoms with Crippen molar-refractivity contribution in [1.82, 2.24) is 0 Å². The third-order valence-corrected chi connectivity index (χ3v) is 13.7. The van der Waals surface area contributed by atoms with E-state index < -0.39 is 17.6 Å². The summed E-state index contributed by atoms with van der Waals surface area (Å²) in [5.41, 5.74) is 16.5. The van der Waals surface area contributed by atoms with Crippen LogP contribution in [0.3, 0.4) is 0 Å². The van der Waals surface area contributed by atoms with Crippen LogP contribution in [-0.4, -0.2) is 17.6 Å². The second-order valence-corrected chi connectivity index (χ2v) is 23.2. The Bertz CT molecular complexity index is 1550. The molecule has 1 atom stereocenters. The minimum Gasteiger partial charge on any atom is -1.00 e. The summed E-state index contributed by atoms with van der Waals surface area (Å²) in [6, 6.07) is 24.5. The molecule has 0 spiro atoms. The van der Waals surface area contributed by atoms with Gasteiger partial charge >= 0.3 is 21.7 Å². The Kier molecular flexibility index (Phi) is 16.3. The van der Waals surface area contributed by atoms with E-state index in [0.717, 1.165) is 0 Å². The monoisotopic (exact) mass is 744 g/mol. The molecule has 0 heterocycles. The summed E-state index contributed by atoms with van der Waals surface area (Å²) in [5, 5.41) is 3.11. The Hall–Kier alpha value is -0.972. The van der Waals surface area contributed by atoms with Gasteiger partial charge in [0.15, 0.2) is 0 Å². The third kappa shape index (κ3) is 10.0. The first-order valence-corrected chi connectivity index (χ1v) is 20.9. The summed E-state index contributed by atoms with van der Waals surface area (Å²) < 4.78 is 0. The van der Waals surface area contributed by atoms with Gasteiger partial charge in [-0.25, -0.2) is 0 Å². The van der Waals surface area contributed by atoms with Crippen molar-refractivity contribution in [3.8, 4) is 11.1 Å². The molecule has 0 aliphatic carbocycles. The van der Waals surface area contributed by atoms with Crippen LogP contribution in [-0.2, 0) is 32.5 Å². The van der Waals surface area contributed by atoms with Crippen LogP contribution in [0.5, 0.6) is 0 Å². The van der Waals surface area contributed by atoms with Gasteiger partial charge in [0.1, 0.15) is 0 Å². The minimum absolute atomic E-state index is 0. The molecular weight excluding hydrogens is 691 g/mol. The quantitative estimate of drug-likeness (QED) is 0.198. The third-order valence-electron chi connectivity index (χ3n) is 9.38. The van der Waals surface area contributed by atoms with Crippen molar-refractivity contribution in [2.75, 3.05) is 0 Å². The SMILES string of the molecule is Cc1cc(C)cc(C([SiH2]c2ccc([Si](C)(C)C)cc2)[c-]2c(C)c(C)c(C)c2-c2cc(C(C)(C)C)cc(C(C)(C)C)c2)c1.[Cl-].[Cl-].[Cl-].[Ti+4]. The zero-order valence-corrected chi connectivity index (χ0v) is 36.9. The van der Waals surface area contributed by atoms with Crippen LogP contribution in [0.25, 0.3) is 11.1 Å². The summed E-state index contributed by atoms with van der Waals surface area (Å²) in [5.74, 6) is 0. The molecule has 0 radical (unpaired) electrons. The van der Waals surface area contributed by atoms with Crippen LogP contribution in [0.4, 0.5) is 0 Å². The van der Waals surface area contributed by atoms with E-state index in [4.69, 9.17) is 0 Å². The summed E-state index contributed by atoms with van der Waals surface area (Å²) in [4.78, 5) is 0. The summed E-state index contributed by atoms with van der Waals surface area (Å²) in [6.45, 7) is 33.1. The second-order valence-electron chi connectivity index (χ2n) is 16.1. The molecule has 4 aromatic rings.